The molecule has 0 saturated heterocycles. The highest BCUT2D eigenvalue weighted by Crippen LogP contribution is 2.59. The number of allylic oxidation sites excluding steroid dienone is 1. The first kappa shape index (κ1) is 26.5. The standard InChI is InChI=1S/C28H34O9/c1-9-14(2)27(29)37-26-17-12-19-23(36-13-35-19)25(34-8)21(17)20-16(10-15(3)28(26,4)30)11-18(31-5)22(32-6)24(20)33-7/h9,11-12,15,26,30H,10,13H2,1-8H3/b14-9-/t15-,26-,28-/m0/s1. The summed E-state index contributed by atoms with van der Waals surface area (Å²) < 4.78 is 40.6. The molecule has 200 valence electrons. The number of benzene rings is 2. The van der Waals surface area contributed by atoms with Crippen molar-refractivity contribution in [3.63, 3.8) is 0 Å². The molecule has 0 unspecified atom stereocenters. The molecule has 0 saturated carbocycles. The van der Waals surface area contributed by atoms with Crippen LogP contribution in [0, 0.1) is 5.92 Å². The molecule has 0 spiro atoms. The van der Waals surface area contributed by atoms with E-state index in [2.05, 4.69) is 0 Å². The van der Waals surface area contributed by atoms with Gasteiger partial charge in [-0.15, -0.1) is 0 Å². The highest BCUT2D eigenvalue weighted by Gasteiger charge is 2.47. The maximum atomic E-state index is 13.0. The van der Waals surface area contributed by atoms with Crippen LogP contribution < -0.4 is 28.4 Å². The lowest BCUT2D eigenvalue weighted by molar-refractivity contribution is -0.166. The van der Waals surface area contributed by atoms with Gasteiger partial charge in [0.1, 0.15) is 5.60 Å². The van der Waals surface area contributed by atoms with E-state index in [1.807, 2.05) is 13.0 Å². The smallest absolute Gasteiger partial charge is 0.334 e. The number of hydrogen-bond acceptors (Lipinski definition) is 9. The number of methoxy groups -OCH3 is 4. The molecule has 1 aliphatic carbocycles. The van der Waals surface area contributed by atoms with Crippen molar-refractivity contribution in [2.75, 3.05) is 35.2 Å². The molecule has 2 aromatic rings. The van der Waals surface area contributed by atoms with E-state index in [1.54, 1.807) is 47.1 Å². The lowest BCUT2D eigenvalue weighted by Gasteiger charge is -2.41. The van der Waals surface area contributed by atoms with Gasteiger partial charge in [0, 0.05) is 22.3 Å². The largest absolute Gasteiger partial charge is 0.493 e. The van der Waals surface area contributed by atoms with Gasteiger partial charge in [0.15, 0.2) is 29.1 Å². The Balaban J connectivity index is 2.16. The molecular formula is C28H34O9. The summed E-state index contributed by atoms with van der Waals surface area (Å²) in [6.45, 7) is 7.00. The first-order chi connectivity index (χ1) is 17.6. The van der Waals surface area contributed by atoms with E-state index >= 15 is 0 Å². The molecule has 0 fully saturated rings. The van der Waals surface area contributed by atoms with Crippen molar-refractivity contribution >= 4 is 5.97 Å². The Morgan fingerprint density at radius 1 is 1.03 bits per heavy atom. The predicted octanol–water partition coefficient (Wildman–Crippen LogP) is 4.61. The second-order valence-electron chi connectivity index (χ2n) is 9.38. The fraction of sp³-hybridized carbons (Fsp3) is 0.464. The molecule has 37 heavy (non-hydrogen) atoms. The second-order valence-corrected chi connectivity index (χ2v) is 9.38. The fourth-order valence-corrected chi connectivity index (χ4v) is 4.94. The average Bonchev–Trinajstić information content (AvgIpc) is 3.36. The second kappa shape index (κ2) is 10.0. The van der Waals surface area contributed by atoms with Gasteiger partial charge in [0.05, 0.1) is 28.4 Å². The van der Waals surface area contributed by atoms with Gasteiger partial charge < -0.3 is 38.3 Å². The Bertz CT molecular complexity index is 1250. The zero-order valence-electron chi connectivity index (χ0n) is 22.5. The maximum absolute atomic E-state index is 13.0. The van der Waals surface area contributed by atoms with Crippen molar-refractivity contribution in [2.24, 2.45) is 5.92 Å². The molecule has 9 heteroatoms. The summed E-state index contributed by atoms with van der Waals surface area (Å²) in [5.41, 5.74) is 1.47. The number of aliphatic hydroxyl groups is 1. The van der Waals surface area contributed by atoms with Crippen LogP contribution in [0.5, 0.6) is 34.5 Å². The van der Waals surface area contributed by atoms with Crippen LogP contribution in [0.3, 0.4) is 0 Å². The first-order valence-electron chi connectivity index (χ1n) is 12.0. The number of carbonyl (C=O) groups excluding carboxylic acids is 1. The predicted molar refractivity (Wildman–Crippen MR) is 136 cm³/mol. The van der Waals surface area contributed by atoms with Crippen LogP contribution in [0.15, 0.2) is 23.8 Å². The molecule has 9 nitrogen and oxygen atoms in total. The van der Waals surface area contributed by atoms with E-state index in [9.17, 15) is 9.90 Å². The van der Waals surface area contributed by atoms with E-state index < -0.39 is 17.7 Å². The number of ether oxygens (including phenoxy) is 7. The minimum atomic E-state index is -1.48. The lowest BCUT2D eigenvalue weighted by atomic mass is 9.73. The van der Waals surface area contributed by atoms with Crippen LogP contribution in [0.25, 0.3) is 11.1 Å². The summed E-state index contributed by atoms with van der Waals surface area (Å²) in [5.74, 6) is 1.59. The summed E-state index contributed by atoms with van der Waals surface area (Å²) >= 11 is 0. The number of esters is 1. The molecule has 2 aliphatic rings. The highest BCUT2D eigenvalue weighted by molar-refractivity contribution is 5.91. The number of carbonyl (C=O) groups is 1. The van der Waals surface area contributed by atoms with E-state index in [-0.39, 0.29) is 12.7 Å². The third-order valence-electron chi connectivity index (χ3n) is 7.33. The quantitative estimate of drug-likeness (QED) is 0.437. The molecule has 3 atom stereocenters. The zero-order chi connectivity index (χ0) is 27.1. The van der Waals surface area contributed by atoms with Crippen LogP contribution in [0.1, 0.15) is 44.9 Å². The average molecular weight is 515 g/mol. The summed E-state index contributed by atoms with van der Waals surface area (Å²) in [5, 5.41) is 12.0. The van der Waals surface area contributed by atoms with Crippen molar-refractivity contribution < 1.29 is 43.1 Å². The first-order valence-corrected chi connectivity index (χ1v) is 12.0. The van der Waals surface area contributed by atoms with Gasteiger partial charge in [0.25, 0.3) is 0 Å². The third-order valence-corrected chi connectivity index (χ3v) is 7.33. The minimum absolute atomic E-state index is 0.000553. The Hall–Kier alpha value is -3.59. The van der Waals surface area contributed by atoms with Gasteiger partial charge in [-0.2, -0.15) is 0 Å². The summed E-state index contributed by atoms with van der Waals surface area (Å²) in [6, 6.07) is 3.60. The lowest BCUT2D eigenvalue weighted by Crippen LogP contribution is -2.44. The zero-order valence-corrected chi connectivity index (χ0v) is 22.5. The summed E-state index contributed by atoms with van der Waals surface area (Å²) in [4.78, 5) is 13.0. The van der Waals surface area contributed by atoms with E-state index in [0.717, 1.165) is 5.56 Å². The summed E-state index contributed by atoms with van der Waals surface area (Å²) in [7, 11) is 6.15. The Morgan fingerprint density at radius 3 is 2.30 bits per heavy atom. The van der Waals surface area contributed by atoms with Crippen LogP contribution in [0.4, 0.5) is 0 Å². The molecule has 2 aromatic carbocycles. The Labute approximate surface area is 216 Å². The number of hydrogen-bond donors (Lipinski definition) is 1. The monoisotopic (exact) mass is 514 g/mol. The van der Waals surface area contributed by atoms with Gasteiger partial charge in [-0.05, 0) is 50.8 Å². The van der Waals surface area contributed by atoms with E-state index in [1.165, 1.54) is 14.2 Å². The molecule has 1 N–H and O–H groups in total. The van der Waals surface area contributed by atoms with E-state index in [4.69, 9.17) is 33.2 Å². The van der Waals surface area contributed by atoms with Crippen LogP contribution in [0.2, 0.25) is 0 Å². The Kier molecular flexibility index (Phi) is 7.19. The van der Waals surface area contributed by atoms with Crippen LogP contribution in [-0.2, 0) is 16.0 Å². The van der Waals surface area contributed by atoms with Gasteiger partial charge in [-0.3, -0.25) is 0 Å². The molecule has 0 aromatic heterocycles. The summed E-state index contributed by atoms with van der Waals surface area (Å²) in [6.07, 6.45) is 1.00. The third kappa shape index (κ3) is 4.21. The highest BCUT2D eigenvalue weighted by atomic mass is 16.7. The number of fused-ring (bicyclic) bond motifs is 4. The molecule has 0 bridgehead atoms. The minimum Gasteiger partial charge on any atom is -0.493 e. The topological polar surface area (TPSA) is 102 Å². The molecule has 1 heterocycles. The van der Waals surface area contributed by atoms with Crippen molar-refractivity contribution in [1.82, 2.24) is 0 Å². The Morgan fingerprint density at radius 2 is 1.70 bits per heavy atom. The van der Waals surface area contributed by atoms with Crippen molar-refractivity contribution in [2.45, 2.75) is 45.8 Å². The van der Waals surface area contributed by atoms with Crippen molar-refractivity contribution in [3.8, 4) is 45.6 Å². The maximum Gasteiger partial charge on any atom is 0.334 e. The van der Waals surface area contributed by atoms with Crippen LogP contribution in [-0.4, -0.2) is 51.9 Å². The van der Waals surface area contributed by atoms with Crippen LogP contribution >= 0.6 is 0 Å². The van der Waals surface area contributed by atoms with Gasteiger partial charge >= 0.3 is 5.97 Å². The SMILES string of the molecule is C/C=C(/C)C(=O)O[C@H]1c2cc3c(c(OC)c2-c2c(cc(OC)c(OC)c2OC)C[C@H](C)[C@]1(C)O)OCO3. The molecule has 1 aliphatic heterocycles. The van der Waals surface area contributed by atoms with Crippen molar-refractivity contribution in [1.29, 1.82) is 0 Å². The van der Waals surface area contributed by atoms with Gasteiger partial charge in [-0.25, -0.2) is 4.79 Å². The molecule has 0 amide bonds. The fourth-order valence-electron chi connectivity index (χ4n) is 4.94. The molecular weight excluding hydrogens is 480 g/mol. The normalized spacial score (nSPS) is 22.2. The molecule has 4 rings (SSSR count). The van der Waals surface area contributed by atoms with Gasteiger partial charge in [-0.1, -0.05) is 13.0 Å². The van der Waals surface area contributed by atoms with Crippen molar-refractivity contribution in [3.05, 3.63) is 34.9 Å². The van der Waals surface area contributed by atoms with Gasteiger partial charge in [0.2, 0.25) is 18.3 Å². The van der Waals surface area contributed by atoms with E-state index in [0.29, 0.717) is 63.2 Å². The molecule has 0 radical (unpaired) electrons. The number of rotatable bonds is 6.